The zero-order chi connectivity index (χ0) is 24.8. The standard InChI is InChI=1S/C22H28FN5O5S/c1-12(24-2)21(30)26-18(11-29)22(31)27-7-6-19-20(27)16(10-28(19)34(3,32)33)15-9-25-17-8-13(23)4-5-14(15)17/h4-5,8-9,12,18-19,24-25,29H,6-7,10-11H2,1-3H3,(H,26,30). The highest BCUT2D eigenvalue weighted by Crippen LogP contribution is 2.42. The number of carbonyl (C=O) groups is 2. The van der Waals surface area contributed by atoms with Crippen molar-refractivity contribution in [2.24, 2.45) is 0 Å². The zero-order valence-corrected chi connectivity index (χ0v) is 19.9. The van der Waals surface area contributed by atoms with Crippen LogP contribution in [0.5, 0.6) is 0 Å². The molecule has 1 fully saturated rings. The summed E-state index contributed by atoms with van der Waals surface area (Å²) in [5, 5.41) is 15.9. The lowest BCUT2D eigenvalue weighted by Crippen LogP contribution is -2.53. The molecule has 0 spiro atoms. The molecule has 2 aromatic rings. The number of nitrogens with zero attached hydrogens (tertiary/aromatic N) is 2. The molecule has 2 aliphatic rings. The number of rotatable bonds is 7. The Morgan fingerprint density at radius 2 is 2.09 bits per heavy atom. The molecule has 0 aliphatic carbocycles. The van der Waals surface area contributed by atoms with Gasteiger partial charge in [0.05, 0.1) is 24.9 Å². The quantitative estimate of drug-likeness (QED) is 0.428. The topological polar surface area (TPSA) is 135 Å². The van der Waals surface area contributed by atoms with Crippen LogP contribution in [0.15, 0.2) is 30.1 Å². The third-order valence-corrected chi connectivity index (χ3v) is 7.72. The van der Waals surface area contributed by atoms with Crippen LogP contribution in [-0.4, -0.2) is 90.7 Å². The largest absolute Gasteiger partial charge is 0.394 e. The summed E-state index contributed by atoms with van der Waals surface area (Å²) < 4.78 is 40.2. The molecule has 4 rings (SSSR count). The lowest BCUT2D eigenvalue weighted by molar-refractivity contribution is -0.135. The van der Waals surface area contributed by atoms with Crippen LogP contribution in [0.4, 0.5) is 4.39 Å². The van der Waals surface area contributed by atoms with Crippen LogP contribution in [-0.2, 0) is 19.6 Å². The number of carbonyl (C=O) groups excluding carboxylic acids is 2. The van der Waals surface area contributed by atoms with Crippen LogP contribution in [0.25, 0.3) is 16.5 Å². The minimum atomic E-state index is -3.59. The second-order valence-corrected chi connectivity index (χ2v) is 10.5. The summed E-state index contributed by atoms with van der Waals surface area (Å²) in [6, 6.07) is 1.98. The van der Waals surface area contributed by atoms with Crippen molar-refractivity contribution in [2.45, 2.75) is 31.5 Å². The van der Waals surface area contributed by atoms with Crippen LogP contribution in [0, 0.1) is 5.82 Å². The lowest BCUT2D eigenvalue weighted by atomic mass is 10.0. The SMILES string of the molecule is CNC(C)C(=O)NC(CO)C(=O)N1CCC2C1=C(c1c[nH]c3cc(F)ccc13)CN2S(C)(=O)=O. The maximum Gasteiger partial charge on any atom is 0.251 e. The molecule has 12 heteroatoms. The molecule has 1 saturated heterocycles. The number of aliphatic hydroxyl groups is 1. The van der Waals surface area contributed by atoms with Gasteiger partial charge >= 0.3 is 0 Å². The Bertz CT molecular complexity index is 1270. The number of aliphatic hydroxyl groups excluding tert-OH is 1. The van der Waals surface area contributed by atoms with E-state index in [2.05, 4.69) is 15.6 Å². The van der Waals surface area contributed by atoms with E-state index in [4.69, 9.17) is 0 Å². The molecule has 184 valence electrons. The van der Waals surface area contributed by atoms with E-state index in [1.54, 1.807) is 26.2 Å². The van der Waals surface area contributed by atoms with Crippen molar-refractivity contribution in [1.82, 2.24) is 24.8 Å². The van der Waals surface area contributed by atoms with Crippen LogP contribution >= 0.6 is 0 Å². The normalized spacial score (nSPS) is 20.6. The number of H-pyrrole nitrogens is 1. The van der Waals surface area contributed by atoms with Crippen molar-refractivity contribution in [3.05, 3.63) is 41.5 Å². The lowest BCUT2D eigenvalue weighted by Gasteiger charge is -2.26. The molecule has 4 N–H and O–H groups in total. The number of amides is 2. The third kappa shape index (κ3) is 4.22. The molecule has 1 aromatic heterocycles. The fraction of sp³-hybridized carbons (Fsp3) is 0.455. The van der Waals surface area contributed by atoms with Crippen LogP contribution < -0.4 is 10.6 Å². The first-order chi connectivity index (χ1) is 16.1. The average Bonchev–Trinajstić information content (AvgIpc) is 3.49. The Morgan fingerprint density at radius 3 is 2.74 bits per heavy atom. The first-order valence-corrected chi connectivity index (χ1v) is 12.8. The van der Waals surface area contributed by atoms with E-state index >= 15 is 0 Å². The van der Waals surface area contributed by atoms with Crippen molar-refractivity contribution in [1.29, 1.82) is 0 Å². The van der Waals surface area contributed by atoms with E-state index in [-0.39, 0.29) is 13.1 Å². The summed E-state index contributed by atoms with van der Waals surface area (Å²) in [6.45, 7) is 1.31. The predicted molar refractivity (Wildman–Crippen MR) is 124 cm³/mol. The third-order valence-electron chi connectivity index (χ3n) is 6.49. The average molecular weight is 494 g/mol. The molecular formula is C22H28FN5O5S. The van der Waals surface area contributed by atoms with Gasteiger partial charge in [-0.1, -0.05) is 0 Å². The second kappa shape index (κ2) is 9.10. The van der Waals surface area contributed by atoms with Gasteiger partial charge in [0.1, 0.15) is 11.9 Å². The fourth-order valence-electron chi connectivity index (χ4n) is 4.63. The molecule has 10 nitrogen and oxygen atoms in total. The molecular weight excluding hydrogens is 465 g/mol. The second-order valence-electron chi connectivity index (χ2n) is 8.61. The minimum Gasteiger partial charge on any atom is -0.394 e. The summed E-state index contributed by atoms with van der Waals surface area (Å²) in [5.41, 5.74) is 2.38. The van der Waals surface area contributed by atoms with E-state index in [0.29, 0.717) is 34.2 Å². The molecule has 1 aromatic carbocycles. The molecule has 2 aliphatic heterocycles. The number of hydrogen-bond acceptors (Lipinski definition) is 6. The molecule has 3 unspecified atom stereocenters. The maximum atomic E-state index is 13.7. The van der Waals surface area contributed by atoms with E-state index in [0.717, 1.165) is 6.26 Å². The molecule has 34 heavy (non-hydrogen) atoms. The Kier molecular flexibility index (Phi) is 6.51. The highest BCUT2D eigenvalue weighted by Gasteiger charge is 2.47. The monoisotopic (exact) mass is 493 g/mol. The first-order valence-electron chi connectivity index (χ1n) is 10.9. The number of aromatic nitrogens is 1. The van der Waals surface area contributed by atoms with Crippen molar-refractivity contribution in [3.63, 3.8) is 0 Å². The molecule has 3 atom stereocenters. The van der Waals surface area contributed by atoms with Gasteiger partial charge in [0.25, 0.3) is 5.91 Å². The summed E-state index contributed by atoms with van der Waals surface area (Å²) >= 11 is 0. The van der Waals surface area contributed by atoms with Gasteiger partial charge in [-0.25, -0.2) is 12.8 Å². The molecule has 0 radical (unpaired) electrons. The summed E-state index contributed by atoms with van der Waals surface area (Å²) in [5.74, 6) is -1.37. The van der Waals surface area contributed by atoms with Gasteiger partial charge in [0.2, 0.25) is 15.9 Å². The van der Waals surface area contributed by atoms with Crippen molar-refractivity contribution >= 4 is 38.3 Å². The molecule has 3 heterocycles. The van der Waals surface area contributed by atoms with Crippen molar-refractivity contribution < 1.29 is 27.5 Å². The Hall–Kier alpha value is -2.80. The molecule has 0 bridgehead atoms. The van der Waals surface area contributed by atoms with Gasteiger partial charge in [-0.3, -0.25) is 9.59 Å². The van der Waals surface area contributed by atoms with Gasteiger partial charge in [-0.05, 0) is 44.2 Å². The number of fused-ring (bicyclic) bond motifs is 2. The number of halogens is 1. The van der Waals surface area contributed by atoms with Crippen LogP contribution in [0.3, 0.4) is 0 Å². The number of aromatic amines is 1. The Labute approximate surface area is 196 Å². The van der Waals surface area contributed by atoms with Crippen LogP contribution in [0.2, 0.25) is 0 Å². The number of likely N-dealkylation sites (N-methyl/N-ethyl adjacent to an activating group) is 1. The van der Waals surface area contributed by atoms with E-state index in [1.165, 1.54) is 21.3 Å². The zero-order valence-electron chi connectivity index (χ0n) is 19.1. The van der Waals surface area contributed by atoms with Crippen molar-refractivity contribution in [2.75, 3.05) is 33.0 Å². The van der Waals surface area contributed by atoms with Gasteiger partial charge < -0.3 is 25.6 Å². The van der Waals surface area contributed by atoms with Gasteiger partial charge in [-0.15, -0.1) is 0 Å². The van der Waals surface area contributed by atoms with Crippen molar-refractivity contribution in [3.8, 4) is 0 Å². The number of benzene rings is 1. The Balaban J connectivity index is 1.76. The van der Waals surface area contributed by atoms with E-state index in [1.807, 2.05) is 0 Å². The number of sulfonamides is 1. The minimum absolute atomic E-state index is 0.0554. The van der Waals surface area contributed by atoms with Gasteiger partial charge in [0.15, 0.2) is 0 Å². The first kappa shape index (κ1) is 24.3. The van der Waals surface area contributed by atoms with E-state index in [9.17, 15) is 27.5 Å². The number of likely N-dealkylation sites (tertiary alicyclic amines) is 1. The molecule has 0 saturated carbocycles. The van der Waals surface area contributed by atoms with Gasteiger partial charge in [-0.2, -0.15) is 4.31 Å². The van der Waals surface area contributed by atoms with Gasteiger partial charge in [0, 0.05) is 41.4 Å². The molecule has 2 amide bonds. The fourth-order valence-corrected chi connectivity index (χ4v) is 5.66. The number of nitrogens with one attached hydrogen (secondary N) is 3. The number of hydrogen-bond donors (Lipinski definition) is 4. The summed E-state index contributed by atoms with van der Waals surface area (Å²) in [6.07, 6.45) is 3.18. The maximum absolute atomic E-state index is 13.7. The Morgan fingerprint density at radius 1 is 1.35 bits per heavy atom. The van der Waals surface area contributed by atoms with E-state index < -0.39 is 52.4 Å². The van der Waals surface area contributed by atoms with Crippen LogP contribution in [0.1, 0.15) is 18.9 Å². The highest BCUT2D eigenvalue weighted by molar-refractivity contribution is 7.88. The smallest absolute Gasteiger partial charge is 0.251 e. The summed E-state index contributed by atoms with van der Waals surface area (Å²) in [4.78, 5) is 30.2. The summed E-state index contributed by atoms with van der Waals surface area (Å²) in [7, 11) is -1.99. The predicted octanol–water partition coefficient (Wildman–Crippen LogP) is -0.0208. The highest BCUT2D eigenvalue weighted by atomic mass is 32.2.